The molecule has 0 saturated heterocycles. The minimum Gasteiger partial charge on any atom is -0.349 e. The second-order valence-corrected chi connectivity index (χ2v) is 7.05. The van der Waals surface area contributed by atoms with Gasteiger partial charge < -0.3 is 5.32 Å². The molecule has 0 unspecified atom stereocenters. The quantitative estimate of drug-likeness (QED) is 0.611. The normalized spacial score (nSPS) is 11.5. The molecular formula is C19H20Cl2N4O. The van der Waals surface area contributed by atoms with Crippen molar-refractivity contribution in [1.82, 2.24) is 15.1 Å². The Labute approximate surface area is 163 Å². The summed E-state index contributed by atoms with van der Waals surface area (Å²) < 4.78 is 1.77. The van der Waals surface area contributed by atoms with E-state index in [2.05, 4.69) is 10.4 Å². The van der Waals surface area contributed by atoms with Gasteiger partial charge in [-0.2, -0.15) is 10.4 Å². The average Bonchev–Trinajstić information content (AvgIpc) is 2.82. The van der Waals surface area contributed by atoms with Crippen molar-refractivity contribution in [2.24, 2.45) is 0 Å². The van der Waals surface area contributed by atoms with E-state index in [0.717, 1.165) is 22.5 Å². The third-order valence-electron chi connectivity index (χ3n) is 3.88. The number of amides is 1. The molecule has 1 aromatic carbocycles. The summed E-state index contributed by atoms with van der Waals surface area (Å²) in [7, 11) is 0. The molecule has 0 aliphatic rings. The number of carbonyl (C=O) groups is 1. The zero-order valence-electron chi connectivity index (χ0n) is 15.1. The molecular weight excluding hydrogens is 371 g/mol. The molecule has 0 atom stereocenters. The van der Waals surface area contributed by atoms with Crippen molar-refractivity contribution in [2.75, 3.05) is 0 Å². The van der Waals surface area contributed by atoms with Crippen molar-refractivity contribution >= 4 is 35.2 Å². The molecule has 136 valence electrons. The van der Waals surface area contributed by atoms with E-state index in [9.17, 15) is 10.1 Å². The summed E-state index contributed by atoms with van der Waals surface area (Å²) in [5, 5.41) is 17.7. The summed E-state index contributed by atoms with van der Waals surface area (Å²) in [6.07, 6.45) is 1.57. The van der Waals surface area contributed by atoms with Gasteiger partial charge in [0.25, 0.3) is 5.91 Å². The molecule has 2 rings (SSSR count). The highest BCUT2D eigenvalue weighted by Crippen LogP contribution is 2.26. The largest absolute Gasteiger partial charge is 0.349 e. The summed E-state index contributed by atoms with van der Waals surface area (Å²) >= 11 is 12.5. The topological polar surface area (TPSA) is 70.7 Å². The van der Waals surface area contributed by atoms with E-state index in [1.54, 1.807) is 29.0 Å². The van der Waals surface area contributed by atoms with Gasteiger partial charge in [-0.05, 0) is 45.9 Å². The van der Waals surface area contributed by atoms with Gasteiger partial charge in [0.15, 0.2) is 0 Å². The van der Waals surface area contributed by atoms with Crippen molar-refractivity contribution in [3.05, 3.63) is 56.3 Å². The molecule has 0 fully saturated rings. The Morgan fingerprint density at radius 1 is 1.35 bits per heavy atom. The van der Waals surface area contributed by atoms with Gasteiger partial charge >= 0.3 is 0 Å². The molecule has 0 saturated carbocycles. The van der Waals surface area contributed by atoms with Crippen LogP contribution in [0.5, 0.6) is 0 Å². The fraction of sp³-hybridized carbons (Fsp3) is 0.316. The Kier molecular flexibility index (Phi) is 6.47. The molecule has 2 aromatic rings. The lowest BCUT2D eigenvalue weighted by Crippen LogP contribution is -2.30. The number of nitriles is 1. The third-order valence-corrected chi connectivity index (χ3v) is 4.59. The minimum atomic E-state index is -0.400. The van der Waals surface area contributed by atoms with Crippen LogP contribution in [0.3, 0.4) is 0 Å². The van der Waals surface area contributed by atoms with E-state index in [1.165, 1.54) is 0 Å². The van der Waals surface area contributed by atoms with Gasteiger partial charge in [0.2, 0.25) is 0 Å². The number of hydrogen-bond donors (Lipinski definition) is 1. The van der Waals surface area contributed by atoms with E-state index in [4.69, 9.17) is 23.2 Å². The predicted molar refractivity (Wildman–Crippen MR) is 104 cm³/mol. The standard InChI is InChI=1S/C19H20Cl2N4O/c1-11(2)23-19(26)14(9-22)8-15-12(3)24-25(13(15)4)10-16-17(20)6-5-7-18(16)21/h5-8,11H,10H2,1-4H3,(H,23,26)/b14-8+. The Morgan fingerprint density at radius 2 is 1.96 bits per heavy atom. The highest BCUT2D eigenvalue weighted by atomic mass is 35.5. The van der Waals surface area contributed by atoms with Crippen LogP contribution in [-0.2, 0) is 11.3 Å². The number of aromatic nitrogens is 2. The van der Waals surface area contributed by atoms with Crippen molar-refractivity contribution in [3.8, 4) is 6.07 Å². The van der Waals surface area contributed by atoms with Crippen LogP contribution < -0.4 is 5.32 Å². The summed E-state index contributed by atoms with van der Waals surface area (Å²) in [6.45, 7) is 7.80. The van der Waals surface area contributed by atoms with Crippen LogP contribution in [0.25, 0.3) is 6.08 Å². The molecule has 1 amide bonds. The first-order valence-corrected chi connectivity index (χ1v) is 8.89. The fourth-order valence-electron chi connectivity index (χ4n) is 2.54. The molecule has 0 spiro atoms. The lowest BCUT2D eigenvalue weighted by molar-refractivity contribution is -0.117. The maximum Gasteiger partial charge on any atom is 0.262 e. The Hall–Kier alpha value is -2.29. The van der Waals surface area contributed by atoms with E-state index < -0.39 is 5.91 Å². The molecule has 0 aliphatic carbocycles. The molecule has 7 heteroatoms. The van der Waals surface area contributed by atoms with Gasteiger partial charge in [0.1, 0.15) is 11.6 Å². The van der Waals surface area contributed by atoms with Gasteiger partial charge in [-0.15, -0.1) is 0 Å². The predicted octanol–water partition coefficient (Wildman–Crippen LogP) is 4.29. The third kappa shape index (κ3) is 4.46. The highest BCUT2D eigenvalue weighted by Gasteiger charge is 2.16. The lowest BCUT2D eigenvalue weighted by Gasteiger charge is -2.09. The number of nitrogens with one attached hydrogen (secondary N) is 1. The summed E-state index contributed by atoms with van der Waals surface area (Å²) in [6, 6.07) is 7.25. The van der Waals surface area contributed by atoms with Gasteiger partial charge in [-0.25, -0.2) is 0 Å². The van der Waals surface area contributed by atoms with Crippen molar-refractivity contribution in [2.45, 2.75) is 40.3 Å². The Bertz CT molecular complexity index is 887. The van der Waals surface area contributed by atoms with Crippen LogP contribution in [0.15, 0.2) is 23.8 Å². The first-order chi connectivity index (χ1) is 12.2. The van der Waals surface area contributed by atoms with E-state index in [0.29, 0.717) is 16.6 Å². The first-order valence-electron chi connectivity index (χ1n) is 8.14. The molecule has 5 nitrogen and oxygen atoms in total. The second kappa shape index (κ2) is 8.39. The van der Waals surface area contributed by atoms with Crippen LogP contribution >= 0.6 is 23.2 Å². The van der Waals surface area contributed by atoms with Gasteiger partial charge in [-0.1, -0.05) is 29.3 Å². The van der Waals surface area contributed by atoms with Crippen LogP contribution in [0, 0.1) is 25.2 Å². The van der Waals surface area contributed by atoms with Crippen LogP contribution in [0.1, 0.15) is 36.4 Å². The van der Waals surface area contributed by atoms with Gasteiger partial charge in [0.05, 0.1) is 12.2 Å². The number of halogens is 2. The molecule has 26 heavy (non-hydrogen) atoms. The maximum absolute atomic E-state index is 12.1. The molecule has 0 bridgehead atoms. The van der Waals surface area contributed by atoms with Crippen LogP contribution in [0.4, 0.5) is 0 Å². The number of hydrogen-bond acceptors (Lipinski definition) is 3. The Balaban J connectivity index is 2.40. The van der Waals surface area contributed by atoms with E-state index in [-0.39, 0.29) is 11.6 Å². The minimum absolute atomic E-state index is 0.0419. The van der Waals surface area contributed by atoms with Crippen molar-refractivity contribution in [3.63, 3.8) is 0 Å². The second-order valence-electron chi connectivity index (χ2n) is 6.24. The Morgan fingerprint density at radius 3 is 2.50 bits per heavy atom. The average molecular weight is 391 g/mol. The van der Waals surface area contributed by atoms with E-state index in [1.807, 2.05) is 33.8 Å². The fourth-order valence-corrected chi connectivity index (χ4v) is 3.06. The molecule has 0 aliphatic heterocycles. The van der Waals surface area contributed by atoms with Gasteiger partial charge in [0, 0.05) is 32.9 Å². The summed E-state index contributed by atoms with van der Waals surface area (Å²) in [5.74, 6) is -0.400. The van der Waals surface area contributed by atoms with E-state index >= 15 is 0 Å². The lowest BCUT2D eigenvalue weighted by atomic mass is 10.1. The highest BCUT2D eigenvalue weighted by molar-refractivity contribution is 6.35. The molecule has 1 heterocycles. The van der Waals surface area contributed by atoms with Crippen LogP contribution in [-0.4, -0.2) is 21.7 Å². The molecule has 1 N–H and O–H groups in total. The SMILES string of the molecule is Cc1nn(Cc2c(Cl)cccc2Cl)c(C)c1/C=C(\C#N)C(=O)NC(C)C. The van der Waals surface area contributed by atoms with Crippen LogP contribution in [0.2, 0.25) is 10.0 Å². The molecule has 0 radical (unpaired) electrons. The summed E-state index contributed by atoms with van der Waals surface area (Å²) in [5.41, 5.74) is 3.10. The van der Waals surface area contributed by atoms with Gasteiger partial charge in [-0.3, -0.25) is 9.48 Å². The van der Waals surface area contributed by atoms with Crippen molar-refractivity contribution < 1.29 is 4.79 Å². The zero-order valence-corrected chi connectivity index (χ0v) is 16.6. The monoisotopic (exact) mass is 390 g/mol. The summed E-state index contributed by atoms with van der Waals surface area (Å²) in [4.78, 5) is 12.1. The smallest absolute Gasteiger partial charge is 0.262 e. The number of aryl methyl sites for hydroxylation is 1. The maximum atomic E-state index is 12.1. The number of carbonyl (C=O) groups excluding carboxylic acids is 1. The number of nitrogens with zero attached hydrogens (tertiary/aromatic N) is 3. The number of benzene rings is 1. The van der Waals surface area contributed by atoms with Crippen molar-refractivity contribution in [1.29, 1.82) is 5.26 Å². The number of rotatable bonds is 5. The first kappa shape index (κ1) is 20.0. The zero-order chi connectivity index (χ0) is 19.4. The molecule has 1 aromatic heterocycles.